The van der Waals surface area contributed by atoms with Gasteiger partial charge < -0.3 is 20.3 Å². The van der Waals surface area contributed by atoms with Crippen LogP contribution in [-0.4, -0.2) is 71.1 Å². The fraction of sp³-hybridized carbons (Fsp3) is 0.714. The van der Waals surface area contributed by atoms with Crippen LogP contribution in [0.1, 0.15) is 44.1 Å². The number of hydrogen-bond donors (Lipinski definition) is 3. The summed E-state index contributed by atoms with van der Waals surface area (Å²) in [5, 5.41) is 23.4. The van der Waals surface area contributed by atoms with Gasteiger partial charge >= 0.3 is 5.97 Å². The number of nitrogens with zero attached hydrogens (tertiary/aromatic N) is 2. The molecule has 0 saturated carbocycles. The van der Waals surface area contributed by atoms with E-state index in [0.717, 1.165) is 58.3 Å². The summed E-state index contributed by atoms with van der Waals surface area (Å²) in [6.45, 7) is 3.94. The Morgan fingerprint density at radius 1 is 1.03 bits per heavy atom. The molecule has 2 saturated heterocycles. The van der Waals surface area contributed by atoms with Gasteiger partial charge in [-0.3, -0.25) is 14.7 Å². The molecule has 1 aromatic rings. The Morgan fingerprint density at radius 2 is 1.71 bits per heavy atom. The number of aliphatic hydroxyl groups excluding tert-OH is 2. The van der Waals surface area contributed by atoms with Gasteiger partial charge in [-0.1, -0.05) is 6.42 Å². The second-order valence-corrected chi connectivity index (χ2v) is 8.14. The molecule has 2 atom stereocenters. The fourth-order valence-electron chi connectivity index (χ4n) is 4.15. The Kier molecular flexibility index (Phi) is 14.9. The molecule has 31 heavy (non-hydrogen) atoms. The predicted molar refractivity (Wildman–Crippen MR) is 127 cm³/mol. The summed E-state index contributed by atoms with van der Waals surface area (Å²) in [4.78, 5) is 19.4. The lowest BCUT2D eigenvalue weighted by Gasteiger charge is -2.40. The van der Waals surface area contributed by atoms with E-state index < -0.39 is 17.6 Å². The monoisotopic (exact) mass is 499 g/mol. The third-order valence-electron chi connectivity index (χ3n) is 6.11. The number of ether oxygens (including phenoxy) is 1. The molecule has 2 aliphatic rings. The summed E-state index contributed by atoms with van der Waals surface area (Å²) in [5.74, 6) is -0.213. The number of nitrogens with one attached hydrogen (secondary N) is 1. The first-order chi connectivity index (χ1) is 13.6. The summed E-state index contributed by atoms with van der Waals surface area (Å²) in [5.41, 5.74) is 0.750. The molecule has 0 aliphatic carbocycles. The van der Waals surface area contributed by atoms with Crippen LogP contribution in [-0.2, 0) is 16.1 Å². The van der Waals surface area contributed by atoms with E-state index in [2.05, 4.69) is 15.2 Å². The van der Waals surface area contributed by atoms with Crippen LogP contribution in [0, 0.1) is 5.41 Å². The van der Waals surface area contributed by atoms with E-state index in [0.29, 0.717) is 13.0 Å². The summed E-state index contributed by atoms with van der Waals surface area (Å²) >= 11 is 0. The molecular formula is C21H36Cl3N3O4. The minimum atomic E-state index is -1.03. The van der Waals surface area contributed by atoms with Gasteiger partial charge in [0.15, 0.2) is 0 Å². The minimum Gasteiger partial charge on any atom is -0.462 e. The highest BCUT2D eigenvalue weighted by Crippen LogP contribution is 2.38. The molecule has 3 heterocycles. The lowest BCUT2D eigenvalue weighted by Crippen LogP contribution is -2.45. The van der Waals surface area contributed by atoms with E-state index >= 15 is 0 Å². The van der Waals surface area contributed by atoms with Crippen molar-refractivity contribution < 1.29 is 19.7 Å². The number of piperidine rings is 1. The quantitative estimate of drug-likeness (QED) is 0.537. The van der Waals surface area contributed by atoms with Gasteiger partial charge in [0.2, 0.25) is 0 Å². The Balaban J connectivity index is 0.00000300. The molecule has 0 radical (unpaired) electrons. The van der Waals surface area contributed by atoms with Crippen molar-refractivity contribution in [2.24, 2.45) is 5.41 Å². The molecule has 2 aliphatic heterocycles. The number of cyclic esters (lactones) is 1. The summed E-state index contributed by atoms with van der Waals surface area (Å²) in [7, 11) is 0. The first kappa shape index (κ1) is 30.3. The molecule has 0 unspecified atom stereocenters. The fourth-order valence-corrected chi connectivity index (χ4v) is 4.15. The van der Waals surface area contributed by atoms with Crippen LogP contribution in [0.5, 0.6) is 0 Å². The molecule has 2 fully saturated rings. The van der Waals surface area contributed by atoms with Crippen LogP contribution in [0.15, 0.2) is 24.5 Å². The van der Waals surface area contributed by atoms with Crippen LogP contribution >= 0.6 is 37.2 Å². The number of aromatic nitrogens is 1. The van der Waals surface area contributed by atoms with Crippen molar-refractivity contribution in [2.45, 2.75) is 57.3 Å². The number of carbonyl (C=O) groups excluding carboxylic acids is 1. The number of likely N-dealkylation sites (tertiary alicyclic amines) is 1. The summed E-state index contributed by atoms with van der Waals surface area (Å²) < 4.78 is 5.49. The number of esters is 1. The lowest BCUT2D eigenvalue weighted by atomic mass is 9.74. The number of halogens is 3. The first-order valence-corrected chi connectivity index (χ1v) is 10.4. The number of pyridine rings is 1. The van der Waals surface area contributed by atoms with Crippen LogP contribution in [0.25, 0.3) is 0 Å². The van der Waals surface area contributed by atoms with Crippen LogP contribution in [0.4, 0.5) is 0 Å². The Bertz CT molecular complexity index is 619. The van der Waals surface area contributed by atoms with Crippen LogP contribution in [0.3, 0.4) is 0 Å². The SMILES string of the molecule is Cl.Cl.Cl.O=C1OC[C@@H](O)[C@@H](O)CCNCCCCC12CCN(Cc1ccncc1)CC2. The molecule has 10 heteroatoms. The summed E-state index contributed by atoms with van der Waals surface area (Å²) in [6.07, 6.45) is 6.47. The van der Waals surface area contributed by atoms with Gasteiger partial charge in [-0.05, 0) is 76.0 Å². The standard InChI is InChI=1S/C21H33N3O4.3ClH/c25-18-5-12-22-9-2-1-6-21(20(27)28-16-19(18)26)7-13-24(14-8-21)15-17-3-10-23-11-4-17;;;/h3-4,10-11,18-19,22,25-26H,1-2,5-9,12-16H2;3*1H/t18-,19+;;;/m0.../s1. The first-order valence-electron chi connectivity index (χ1n) is 10.4. The average Bonchev–Trinajstić information content (AvgIpc) is 2.73. The van der Waals surface area contributed by atoms with Crippen molar-refractivity contribution in [2.75, 3.05) is 32.8 Å². The normalized spacial score (nSPS) is 25.3. The molecule has 3 N–H and O–H groups in total. The largest absolute Gasteiger partial charge is 0.462 e. The molecule has 0 aromatic carbocycles. The number of hydrogen-bond acceptors (Lipinski definition) is 7. The number of aliphatic hydroxyl groups is 2. The molecule has 0 bridgehead atoms. The van der Waals surface area contributed by atoms with Crippen molar-refractivity contribution >= 4 is 43.2 Å². The molecule has 3 rings (SSSR count). The molecule has 1 aromatic heterocycles. The highest BCUT2D eigenvalue weighted by atomic mass is 35.5. The smallest absolute Gasteiger partial charge is 0.312 e. The van der Waals surface area contributed by atoms with Crippen molar-refractivity contribution in [3.05, 3.63) is 30.1 Å². The van der Waals surface area contributed by atoms with Crippen LogP contribution in [0.2, 0.25) is 0 Å². The van der Waals surface area contributed by atoms with Crippen molar-refractivity contribution in [1.82, 2.24) is 15.2 Å². The van der Waals surface area contributed by atoms with Gasteiger partial charge in [0.25, 0.3) is 0 Å². The van der Waals surface area contributed by atoms with Gasteiger partial charge in [0.1, 0.15) is 12.7 Å². The maximum Gasteiger partial charge on any atom is 0.312 e. The van der Waals surface area contributed by atoms with Crippen molar-refractivity contribution in [3.8, 4) is 0 Å². The van der Waals surface area contributed by atoms with Gasteiger partial charge in [-0.2, -0.15) is 0 Å². The predicted octanol–water partition coefficient (Wildman–Crippen LogP) is 2.36. The molecule has 7 nitrogen and oxygen atoms in total. The second-order valence-electron chi connectivity index (χ2n) is 8.14. The number of carbonyl (C=O) groups is 1. The zero-order valence-corrected chi connectivity index (χ0v) is 20.2. The zero-order chi connectivity index (χ0) is 19.8. The number of rotatable bonds is 2. The third kappa shape index (κ3) is 9.00. The Hall–Kier alpha value is -0.670. The van der Waals surface area contributed by atoms with E-state index in [9.17, 15) is 15.0 Å². The maximum atomic E-state index is 13.0. The Morgan fingerprint density at radius 3 is 2.39 bits per heavy atom. The molecule has 180 valence electrons. The van der Waals surface area contributed by atoms with E-state index in [1.807, 2.05) is 12.1 Å². The molecule has 1 spiro atoms. The van der Waals surface area contributed by atoms with Gasteiger partial charge in [-0.15, -0.1) is 37.2 Å². The van der Waals surface area contributed by atoms with Gasteiger partial charge in [0.05, 0.1) is 11.5 Å². The average molecular weight is 501 g/mol. The topological polar surface area (TPSA) is 94.9 Å². The molecule has 0 amide bonds. The summed E-state index contributed by atoms with van der Waals surface area (Å²) in [6, 6.07) is 4.05. The van der Waals surface area contributed by atoms with Gasteiger partial charge in [-0.25, -0.2) is 0 Å². The Labute approximate surface area is 203 Å². The maximum absolute atomic E-state index is 13.0. The van der Waals surface area contributed by atoms with Crippen LogP contribution < -0.4 is 5.32 Å². The van der Waals surface area contributed by atoms with Gasteiger partial charge in [0, 0.05) is 18.9 Å². The van der Waals surface area contributed by atoms with E-state index in [4.69, 9.17) is 4.74 Å². The highest BCUT2D eigenvalue weighted by molar-refractivity contribution is 5.86. The zero-order valence-electron chi connectivity index (χ0n) is 17.8. The second kappa shape index (κ2) is 15.2. The minimum absolute atomic E-state index is 0. The lowest BCUT2D eigenvalue weighted by molar-refractivity contribution is -0.165. The van der Waals surface area contributed by atoms with E-state index in [-0.39, 0.29) is 49.8 Å². The van der Waals surface area contributed by atoms with Crippen molar-refractivity contribution in [3.63, 3.8) is 0 Å². The third-order valence-corrected chi connectivity index (χ3v) is 6.11. The van der Waals surface area contributed by atoms with Crippen molar-refractivity contribution in [1.29, 1.82) is 0 Å². The highest BCUT2D eigenvalue weighted by Gasteiger charge is 2.42. The van der Waals surface area contributed by atoms with E-state index in [1.165, 1.54) is 5.56 Å². The molecular weight excluding hydrogens is 465 g/mol. The van der Waals surface area contributed by atoms with E-state index in [1.54, 1.807) is 12.4 Å².